The molecule has 0 saturated carbocycles. The summed E-state index contributed by atoms with van der Waals surface area (Å²) in [6.45, 7) is 2.91. The predicted octanol–water partition coefficient (Wildman–Crippen LogP) is 5.79. The molecule has 204 valence electrons. The fraction of sp³-hybridized carbons (Fsp3) is 0.290. The van der Waals surface area contributed by atoms with Crippen molar-refractivity contribution in [1.29, 1.82) is 0 Å². The van der Waals surface area contributed by atoms with Crippen molar-refractivity contribution in [1.82, 2.24) is 4.90 Å². The van der Waals surface area contributed by atoms with Gasteiger partial charge >= 0.3 is 5.97 Å². The summed E-state index contributed by atoms with van der Waals surface area (Å²) in [6, 6.07) is 20.1. The van der Waals surface area contributed by atoms with E-state index in [0.717, 1.165) is 9.37 Å². The summed E-state index contributed by atoms with van der Waals surface area (Å²) in [7, 11) is 0. The number of rotatable bonds is 6. The average molecular weight is 641 g/mol. The van der Waals surface area contributed by atoms with Crippen LogP contribution in [0.4, 0.5) is 0 Å². The van der Waals surface area contributed by atoms with Crippen LogP contribution in [-0.2, 0) is 28.9 Å². The Labute approximate surface area is 249 Å². The predicted molar refractivity (Wildman–Crippen MR) is 153 cm³/mol. The van der Waals surface area contributed by atoms with Gasteiger partial charge < -0.3 is 4.74 Å². The van der Waals surface area contributed by atoms with Gasteiger partial charge in [-0.3, -0.25) is 19.3 Å². The lowest BCUT2D eigenvalue weighted by Gasteiger charge is -2.54. The van der Waals surface area contributed by atoms with Crippen LogP contribution in [0.2, 0.25) is 0 Å². The number of esters is 1. The highest BCUT2D eigenvalue weighted by Crippen LogP contribution is 2.69. The Morgan fingerprint density at radius 3 is 1.65 bits per heavy atom. The van der Waals surface area contributed by atoms with Gasteiger partial charge in [-0.25, -0.2) is 4.79 Å². The van der Waals surface area contributed by atoms with E-state index in [1.165, 1.54) is 0 Å². The average Bonchev–Trinajstić information content (AvgIpc) is 3.21. The van der Waals surface area contributed by atoms with E-state index in [2.05, 4.69) is 15.9 Å². The van der Waals surface area contributed by atoms with Gasteiger partial charge in [-0.2, -0.15) is 0 Å². The number of halogens is 3. The van der Waals surface area contributed by atoms with Gasteiger partial charge in [0.2, 0.25) is 11.8 Å². The lowest BCUT2D eigenvalue weighted by molar-refractivity contribution is -0.160. The SMILES string of the molecule is CC(C)[C@@H](C(=O)OCC(=O)c1ccc(Br)cc1)N1C(=O)[C@@H]2[C@H](C1=O)C1(Cl)c3ccccc3C2(Cl)c2ccccc21. The molecule has 6 nitrogen and oxygen atoms in total. The Bertz CT molecular complexity index is 1470. The molecule has 3 aliphatic carbocycles. The van der Waals surface area contributed by atoms with Crippen LogP contribution in [0.25, 0.3) is 0 Å². The Morgan fingerprint density at radius 1 is 0.825 bits per heavy atom. The van der Waals surface area contributed by atoms with E-state index in [-0.39, 0.29) is 0 Å². The van der Waals surface area contributed by atoms with E-state index in [9.17, 15) is 19.2 Å². The molecule has 3 atom stereocenters. The molecule has 0 aromatic heterocycles. The molecule has 1 aliphatic heterocycles. The zero-order chi connectivity index (χ0) is 28.6. The number of ether oxygens (including phenoxy) is 1. The van der Waals surface area contributed by atoms with Crippen molar-refractivity contribution >= 4 is 62.7 Å². The highest BCUT2D eigenvalue weighted by Gasteiger charge is 2.74. The largest absolute Gasteiger partial charge is 0.456 e. The molecule has 1 saturated heterocycles. The molecule has 40 heavy (non-hydrogen) atoms. The first-order chi connectivity index (χ1) is 19.0. The highest BCUT2D eigenvalue weighted by atomic mass is 79.9. The molecule has 3 aromatic carbocycles. The van der Waals surface area contributed by atoms with Crippen LogP contribution in [0, 0.1) is 17.8 Å². The third-order valence-electron chi connectivity index (χ3n) is 8.28. The number of hydrogen-bond donors (Lipinski definition) is 0. The van der Waals surface area contributed by atoms with Gasteiger partial charge in [0.15, 0.2) is 12.4 Å². The summed E-state index contributed by atoms with van der Waals surface area (Å²) < 4.78 is 6.21. The number of hydrogen-bond acceptors (Lipinski definition) is 5. The van der Waals surface area contributed by atoms with Gasteiger partial charge in [-0.15, -0.1) is 23.2 Å². The minimum atomic E-state index is -1.35. The van der Waals surface area contributed by atoms with E-state index >= 15 is 0 Å². The van der Waals surface area contributed by atoms with Gasteiger partial charge in [0.25, 0.3) is 0 Å². The number of alkyl halides is 2. The number of Topliss-reactive ketones (excluding diaryl/α,β-unsaturated/α-hetero) is 1. The maximum atomic E-state index is 14.2. The van der Waals surface area contributed by atoms with E-state index in [1.807, 2.05) is 48.5 Å². The molecule has 0 radical (unpaired) electrons. The topological polar surface area (TPSA) is 80.8 Å². The molecule has 0 N–H and O–H groups in total. The Hall–Kier alpha value is -3.00. The number of benzene rings is 3. The maximum absolute atomic E-state index is 14.2. The van der Waals surface area contributed by atoms with E-state index in [0.29, 0.717) is 27.8 Å². The first-order valence-electron chi connectivity index (χ1n) is 12.9. The summed E-state index contributed by atoms with van der Waals surface area (Å²) in [4.78, 5) is 52.9. The molecule has 9 heteroatoms. The highest BCUT2D eigenvalue weighted by molar-refractivity contribution is 9.10. The molecule has 2 amide bonds. The van der Waals surface area contributed by atoms with Crippen LogP contribution in [-0.4, -0.2) is 41.1 Å². The van der Waals surface area contributed by atoms with Crippen LogP contribution in [0.15, 0.2) is 77.3 Å². The van der Waals surface area contributed by atoms with Crippen LogP contribution in [0.1, 0.15) is 46.5 Å². The van der Waals surface area contributed by atoms with Crippen LogP contribution in [0.3, 0.4) is 0 Å². The molecule has 7 rings (SSSR count). The van der Waals surface area contributed by atoms with Gasteiger partial charge in [-0.1, -0.05) is 90.4 Å². The van der Waals surface area contributed by atoms with E-state index in [4.69, 9.17) is 27.9 Å². The maximum Gasteiger partial charge on any atom is 0.330 e. The smallest absolute Gasteiger partial charge is 0.330 e. The molecular formula is C31H24BrCl2NO5. The molecule has 1 heterocycles. The van der Waals surface area contributed by atoms with Crippen LogP contribution < -0.4 is 0 Å². The number of likely N-dealkylation sites (tertiary alicyclic amines) is 1. The Morgan fingerprint density at radius 2 is 1.25 bits per heavy atom. The third kappa shape index (κ3) is 3.60. The Balaban J connectivity index is 1.37. The van der Waals surface area contributed by atoms with Crippen molar-refractivity contribution in [2.45, 2.75) is 29.6 Å². The zero-order valence-corrected chi connectivity index (χ0v) is 24.7. The standard InChI is InChI=1S/C31H24BrCl2NO5/c1-16(2)26(29(39)40-15-23(36)17-11-13-18(32)14-12-17)35-27(37)24-25(28(35)38)31(34)20-8-4-3-7-19(20)30(24,33)21-9-5-6-10-22(21)31/h3-14,16,24-26H,15H2,1-2H3/t24-,25+,26-,30?,31?/m0/s1. The van der Waals surface area contributed by atoms with E-state index in [1.54, 1.807) is 38.1 Å². The zero-order valence-electron chi connectivity index (χ0n) is 21.6. The second kappa shape index (κ2) is 9.54. The number of amides is 2. The van der Waals surface area contributed by atoms with Crippen LogP contribution in [0.5, 0.6) is 0 Å². The second-order valence-electron chi connectivity index (χ2n) is 10.7. The summed E-state index contributed by atoms with van der Waals surface area (Å²) in [5, 5.41) is 0. The lowest BCUT2D eigenvalue weighted by atomic mass is 9.54. The first kappa shape index (κ1) is 27.2. The van der Waals surface area contributed by atoms with Crippen molar-refractivity contribution in [3.05, 3.63) is 105 Å². The van der Waals surface area contributed by atoms with Crippen molar-refractivity contribution in [2.75, 3.05) is 6.61 Å². The summed E-state index contributed by atoms with van der Waals surface area (Å²) in [5.41, 5.74) is 3.09. The normalized spacial score (nSPS) is 26.8. The summed E-state index contributed by atoms with van der Waals surface area (Å²) in [5.74, 6) is -4.94. The molecule has 0 unspecified atom stereocenters. The minimum absolute atomic E-state index is 0.372. The van der Waals surface area contributed by atoms with Crippen molar-refractivity contribution in [3.63, 3.8) is 0 Å². The van der Waals surface area contributed by atoms with Gasteiger partial charge in [0.1, 0.15) is 15.8 Å². The summed E-state index contributed by atoms with van der Waals surface area (Å²) >= 11 is 18.3. The summed E-state index contributed by atoms with van der Waals surface area (Å²) in [6.07, 6.45) is 0. The number of ketones is 1. The molecule has 2 bridgehead atoms. The Kier molecular flexibility index (Phi) is 6.48. The number of nitrogens with zero attached hydrogens (tertiary/aromatic N) is 1. The van der Waals surface area contributed by atoms with Crippen molar-refractivity contribution in [2.24, 2.45) is 17.8 Å². The van der Waals surface area contributed by atoms with Crippen LogP contribution >= 0.6 is 39.1 Å². The fourth-order valence-corrected chi connectivity index (χ4v) is 7.94. The van der Waals surface area contributed by atoms with Gasteiger partial charge in [0.05, 0.1) is 11.8 Å². The molecule has 0 spiro atoms. The number of carbonyl (C=O) groups is 4. The first-order valence-corrected chi connectivity index (χ1v) is 14.5. The number of carbonyl (C=O) groups excluding carboxylic acids is 4. The van der Waals surface area contributed by atoms with Gasteiger partial charge in [-0.05, 0) is 40.3 Å². The van der Waals surface area contributed by atoms with E-state index < -0.39 is 63.7 Å². The van der Waals surface area contributed by atoms with Crippen molar-refractivity contribution in [3.8, 4) is 0 Å². The molecule has 3 aromatic rings. The second-order valence-corrected chi connectivity index (χ2v) is 12.9. The molecule has 1 fully saturated rings. The van der Waals surface area contributed by atoms with Crippen molar-refractivity contribution < 1.29 is 23.9 Å². The van der Waals surface area contributed by atoms with Gasteiger partial charge in [0, 0.05) is 10.0 Å². The quantitative estimate of drug-likeness (QED) is 0.147. The molecule has 4 aliphatic rings. The lowest BCUT2D eigenvalue weighted by Crippen LogP contribution is -2.57. The molecular weight excluding hydrogens is 617 g/mol. The third-order valence-corrected chi connectivity index (χ3v) is 10.1. The number of imide groups is 1. The fourth-order valence-electron chi connectivity index (χ4n) is 6.58. The monoisotopic (exact) mass is 639 g/mol. The minimum Gasteiger partial charge on any atom is -0.456 e.